The summed E-state index contributed by atoms with van der Waals surface area (Å²) in [7, 11) is 0. The topological polar surface area (TPSA) is 55.1 Å². The van der Waals surface area contributed by atoms with Gasteiger partial charge in [-0.05, 0) is 30.1 Å². The molecule has 15 heavy (non-hydrogen) atoms. The molecule has 0 aromatic rings. The third kappa shape index (κ3) is 3.40. The molecule has 0 aromatic carbocycles. The van der Waals surface area contributed by atoms with Crippen molar-refractivity contribution < 1.29 is 4.79 Å². The molecule has 0 radical (unpaired) electrons. The molecule has 2 amide bonds. The quantitative estimate of drug-likeness (QED) is 0.726. The highest BCUT2D eigenvalue weighted by molar-refractivity contribution is 5.71. The summed E-state index contributed by atoms with van der Waals surface area (Å²) in [6.45, 7) is 9.08. The van der Waals surface area contributed by atoms with Crippen LogP contribution in [0, 0.1) is 10.8 Å². The summed E-state index contributed by atoms with van der Waals surface area (Å²) < 4.78 is 0. The zero-order valence-electron chi connectivity index (χ0n) is 10.4. The maximum Gasteiger partial charge on any atom is 0.312 e. The first-order valence-electron chi connectivity index (χ1n) is 5.82. The monoisotopic (exact) mass is 212 g/mol. The van der Waals surface area contributed by atoms with E-state index in [1.165, 1.54) is 6.42 Å². The molecular formula is C12H24N2O. The summed E-state index contributed by atoms with van der Waals surface area (Å²) >= 11 is 0. The predicted octanol–water partition coefficient (Wildman–Crippen LogP) is 2.65. The Labute approximate surface area is 92.8 Å². The molecule has 1 rings (SSSR count). The van der Waals surface area contributed by atoms with Crippen LogP contribution in [0.4, 0.5) is 4.79 Å². The molecule has 0 heterocycles. The number of carbonyl (C=O) groups excluding carboxylic acids is 1. The lowest BCUT2D eigenvalue weighted by molar-refractivity contribution is 0.0714. The van der Waals surface area contributed by atoms with E-state index in [0.717, 1.165) is 19.3 Å². The molecule has 0 spiro atoms. The highest BCUT2D eigenvalue weighted by atomic mass is 16.2. The van der Waals surface area contributed by atoms with Gasteiger partial charge in [-0.25, -0.2) is 4.79 Å². The van der Waals surface area contributed by atoms with E-state index in [2.05, 4.69) is 33.0 Å². The number of primary amides is 1. The molecule has 1 aliphatic carbocycles. The molecule has 3 nitrogen and oxygen atoms in total. The summed E-state index contributed by atoms with van der Waals surface area (Å²) in [6, 6.07) is -0.146. The first-order chi connectivity index (χ1) is 6.76. The second-order valence-corrected chi connectivity index (χ2v) is 6.12. The summed E-state index contributed by atoms with van der Waals surface area (Å²) in [5.41, 5.74) is 5.84. The number of nitrogens with two attached hydrogens (primary N) is 1. The Hall–Kier alpha value is -0.730. The van der Waals surface area contributed by atoms with Gasteiger partial charge in [0.2, 0.25) is 0 Å². The van der Waals surface area contributed by atoms with Gasteiger partial charge >= 0.3 is 6.03 Å². The van der Waals surface area contributed by atoms with Gasteiger partial charge in [0.05, 0.1) is 0 Å². The smallest absolute Gasteiger partial charge is 0.312 e. The number of rotatable bonds is 2. The maximum absolute atomic E-state index is 10.9. The van der Waals surface area contributed by atoms with Crippen molar-refractivity contribution in [2.24, 2.45) is 16.6 Å². The van der Waals surface area contributed by atoms with Crippen LogP contribution in [0.5, 0.6) is 0 Å². The fourth-order valence-corrected chi connectivity index (χ4v) is 3.21. The number of carbonyl (C=O) groups is 1. The van der Waals surface area contributed by atoms with Gasteiger partial charge in [-0.2, -0.15) is 0 Å². The van der Waals surface area contributed by atoms with Crippen molar-refractivity contribution in [3.63, 3.8) is 0 Å². The van der Waals surface area contributed by atoms with Gasteiger partial charge in [0.25, 0.3) is 0 Å². The molecule has 3 N–H and O–H groups in total. The molecule has 1 fully saturated rings. The molecule has 2 atom stereocenters. The molecule has 2 unspecified atom stereocenters. The van der Waals surface area contributed by atoms with E-state index in [0.29, 0.717) is 10.8 Å². The molecule has 0 bridgehead atoms. The standard InChI is InChI=1S/C12H24N2O/c1-5-12(4)7-9(14-10(13)15)6-11(2,3)8-12/h9H,5-8H2,1-4H3,(H3,13,14,15). The highest BCUT2D eigenvalue weighted by Crippen LogP contribution is 2.47. The summed E-state index contributed by atoms with van der Waals surface area (Å²) in [5, 5.41) is 2.87. The SMILES string of the molecule is CCC1(C)CC(NC(N)=O)CC(C)(C)C1. The molecule has 3 heteroatoms. The van der Waals surface area contributed by atoms with Crippen LogP contribution in [0.1, 0.15) is 53.4 Å². The summed E-state index contributed by atoms with van der Waals surface area (Å²) in [6.07, 6.45) is 4.47. The van der Waals surface area contributed by atoms with E-state index in [-0.39, 0.29) is 6.04 Å². The van der Waals surface area contributed by atoms with Crippen molar-refractivity contribution >= 4 is 6.03 Å². The lowest BCUT2D eigenvalue weighted by Crippen LogP contribution is -2.48. The Kier molecular flexibility index (Phi) is 3.31. The Morgan fingerprint density at radius 1 is 1.40 bits per heavy atom. The number of urea groups is 1. The van der Waals surface area contributed by atoms with E-state index < -0.39 is 6.03 Å². The van der Waals surface area contributed by atoms with Crippen molar-refractivity contribution in [2.45, 2.75) is 59.4 Å². The lowest BCUT2D eigenvalue weighted by Gasteiger charge is -2.46. The largest absolute Gasteiger partial charge is 0.352 e. The maximum atomic E-state index is 10.9. The molecule has 88 valence electrons. The third-order valence-corrected chi connectivity index (χ3v) is 3.64. The van der Waals surface area contributed by atoms with Crippen molar-refractivity contribution in [1.82, 2.24) is 5.32 Å². The zero-order chi connectivity index (χ0) is 11.7. The third-order valence-electron chi connectivity index (χ3n) is 3.64. The van der Waals surface area contributed by atoms with Crippen LogP contribution in [0.3, 0.4) is 0 Å². The number of hydrogen-bond donors (Lipinski definition) is 2. The van der Waals surface area contributed by atoms with Crippen LogP contribution < -0.4 is 11.1 Å². The van der Waals surface area contributed by atoms with Gasteiger partial charge in [0.15, 0.2) is 0 Å². The molecule has 1 aliphatic rings. The lowest BCUT2D eigenvalue weighted by atomic mass is 9.62. The van der Waals surface area contributed by atoms with Gasteiger partial charge in [-0.3, -0.25) is 0 Å². The highest BCUT2D eigenvalue weighted by Gasteiger charge is 2.40. The van der Waals surface area contributed by atoms with Gasteiger partial charge < -0.3 is 11.1 Å². The number of nitrogens with one attached hydrogen (secondary N) is 1. The van der Waals surface area contributed by atoms with E-state index in [1.807, 2.05) is 0 Å². The van der Waals surface area contributed by atoms with E-state index >= 15 is 0 Å². The minimum Gasteiger partial charge on any atom is -0.352 e. The van der Waals surface area contributed by atoms with Crippen molar-refractivity contribution in [2.75, 3.05) is 0 Å². The molecule has 1 saturated carbocycles. The fourth-order valence-electron chi connectivity index (χ4n) is 3.21. The number of amides is 2. The van der Waals surface area contributed by atoms with Crippen LogP contribution >= 0.6 is 0 Å². The Morgan fingerprint density at radius 3 is 2.47 bits per heavy atom. The molecule has 0 saturated heterocycles. The van der Waals surface area contributed by atoms with Crippen LogP contribution in [-0.4, -0.2) is 12.1 Å². The fraction of sp³-hybridized carbons (Fsp3) is 0.917. The zero-order valence-corrected chi connectivity index (χ0v) is 10.4. The van der Waals surface area contributed by atoms with Gasteiger partial charge in [-0.1, -0.05) is 34.1 Å². The van der Waals surface area contributed by atoms with Gasteiger partial charge in [-0.15, -0.1) is 0 Å². The van der Waals surface area contributed by atoms with Gasteiger partial charge in [0.1, 0.15) is 0 Å². The van der Waals surface area contributed by atoms with E-state index in [9.17, 15) is 4.79 Å². The van der Waals surface area contributed by atoms with Crippen molar-refractivity contribution in [1.29, 1.82) is 0 Å². The van der Waals surface area contributed by atoms with Crippen LogP contribution in [0.15, 0.2) is 0 Å². The normalized spacial score (nSPS) is 34.8. The predicted molar refractivity (Wildman–Crippen MR) is 62.5 cm³/mol. The minimum atomic E-state index is -0.392. The second-order valence-electron chi connectivity index (χ2n) is 6.12. The molecule has 0 aromatic heterocycles. The van der Waals surface area contributed by atoms with E-state index in [1.54, 1.807) is 0 Å². The Bertz CT molecular complexity index is 250. The summed E-state index contributed by atoms with van der Waals surface area (Å²) in [5.74, 6) is 0. The van der Waals surface area contributed by atoms with Crippen molar-refractivity contribution in [3.05, 3.63) is 0 Å². The van der Waals surface area contributed by atoms with Crippen LogP contribution in [0.25, 0.3) is 0 Å². The van der Waals surface area contributed by atoms with Crippen LogP contribution in [-0.2, 0) is 0 Å². The van der Waals surface area contributed by atoms with Gasteiger partial charge in [0, 0.05) is 6.04 Å². The van der Waals surface area contributed by atoms with Crippen molar-refractivity contribution in [3.8, 4) is 0 Å². The average Bonchev–Trinajstić information content (AvgIpc) is 1.98. The van der Waals surface area contributed by atoms with Crippen LogP contribution in [0.2, 0.25) is 0 Å². The molecular weight excluding hydrogens is 188 g/mol. The first-order valence-corrected chi connectivity index (χ1v) is 5.82. The number of hydrogen-bond acceptors (Lipinski definition) is 1. The first kappa shape index (κ1) is 12.3. The minimum absolute atomic E-state index is 0.246. The summed E-state index contributed by atoms with van der Waals surface area (Å²) in [4.78, 5) is 10.9. The van der Waals surface area contributed by atoms with E-state index in [4.69, 9.17) is 5.73 Å². The second kappa shape index (κ2) is 4.03. The Balaban J connectivity index is 2.72. The average molecular weight is 212 g/mol. The Morgan fingerprint density at radius 2 is 2.00 bits per heavy atom. The molecule has 0 aliphatic heterocycles.